The highest BCUT2D eigenvalue weighted by Crippen LogP contribution is 2.56. The summed E-state index contributed by atoms with van der Waals surface area (Å²) in [5, 5.41) is 0. The average Bonchev–Trinajstić information content (AvgIpc) is 2.94. The first-order valence-electron chi connectivity index (χ1n) is 17.2. The molecule has 0 N–H and O–H groups in total. The number of ketones is 2. The van der Waals surface area contributed by atoms with Crippen LogP contribution in [0.25, 0.3) is 0 Å². The summed E-state index contributed by atoms with van der Waals surface area (Å²) in [6.07, 6.45) is 8.56. The van der Waals surface area contributed by atoms with Crippen LogP contribution in [0.2, 0.25) is 0 Å². The zero-order valence-electron chi connectivity index (χ0n) is 28.8. The van der Waals surface area contributed by atoms with Crippen LogP contribution in [0.4, 0.5) is 0 Å². The molecule has 4 aliphatic rings. The minimum absolute atomic E-state index is 0.129. The fourth-order valence-corrected chi connectivity index (χ4v) is 9.36. The minimum atomic E-state index is -0.391. The Morgan fingerprint density at radius 3 is 1.89 bits per heavy atom. The summed E-state index contributed by atoms with van der Waals surface area (Å²) < 4.78 is 13.6. The Morgan fingerprint density at radius 2 is 1.35 bits per heavy atom. The van der Waals surface area contributed by atoms with Crippen LogP contribution >= 0.6 is 22.6 Å². The average molecular weight is 736 g/mol. The van der Waals surface area contributed by atoms with E-state index in [0.717, 1.165) is 51.5 Å². The van der Waals surface area contributed by atoms with Crippen molar-refractivity contribution in [3.8, 4) is 11.5 Å². The largest absolute Gasteiger partial charge is 0.490 e. The molecule has 0 saturated heterocycles. The second-order valence-corrected chi connectivity index (χ2v) is 16.9. The van der Waals surface area contributed by atoms with Gasteiger partial charge in [-0.3, -0.25) is 9.59 Å². The maximum Gasteiger partial charge on any atom is 0.174 e. The monoisotopic (exact) mass is 735 g/mol. The van der Waals surface area contributed by atoms with Gasteiger partial charge in [0.25, 0.3) is 0 Å². The van der Waals surface area contributed by atoms with E-state index in [2.05, 4.69) is 99.4 Å². The first-order chi connectivity index (χ1) is 21.8. The summed E-state index contributed by atoms with van der Waals surface area (Å²) in [5.41, 5.74) is 8.27. The van der Waals surface area contributed by atoms with Gasteiger partial charge in [0, 0.05) is 47.3 Å². The second kappa shape index (κ2) is 12.8. The van der Waals surface area contributed by atoms with Crippen LogP contribution in [0, 0.1) is 28.2 Å². The van der Waals surface area contributed by atoms with Crippen LogP contribution in [0.3, 0.4) is 0 Å². The summed E-state index contributed by atoms with van der Waals surface area (Å²) in [6, 6.07) is 11.0. The van der Waals surface area contributed by atoms with Crippen LogP contribution in [0.5, 0.6) is 11.5 Å². The predicted molar refractivity (Wildman–Crippen MR) is 192 cm³/mol. The van der Waals surface area contributed by atoms with E-state index in [0.29, 0.717) is 43.6 Å². The van der Waals surface area contributed by atoms with Gasteiger partial charge >= 0.3 is 0 Å². The minimum Gasteiger partial charge on any atom is -0.490 e. The standard InChI is InChI=1S/C40H50INO4/c1-8-45-34-18-27(17-29(41)38(34)46-23-26-15-24(2)14-25(3)16-26)35-36-30(19-39(4,5)21-32(36)43)42(28-12-10-9-11-13-28)31-20-40(6,7)22-33(44)37(31)35/h14-18,28,35H,8-13,19-23H2,1-7H3. The third-order valence-electron chi connectivity index (χ3n) is 10.2. The van der Waals surface area contributed by atoms with Gasteiger partial charge in [0.15, 0.2) is 23.1 Å². The quantitative estimate of drug-likeness (QED) is 0.265. The van der Waals surface area contributed by atoms with Crippen molar-refractivity contribution in [2.24, 2.45) is 10.8 Å². The van der Waals surface area contributed by atoms with Gasteiger partial charge in [0.2, 0.25) is 0 Å². The summed E-state index contributed by atoms with van der Waals surface area (Å²) in [5.74, 6) is 1.35. The molecule has 0 atom stereocenters. The number of benzene rings is 2. The second-order valence-electron chi connectivity index (χ2n) is 15.7. The molecule has 3 aliphatic carbocycles. The van der Waals surface area contributed by atoms with Crippen molar-refractivity contribution in [2.75, 3.05) is 6.61 Å². The summed E-state index contributed by atoms with van der Waals surface area (Å²) in [4.78, 5) is 31.3. The SMILES string of the molecule is CCOc1cc(C2C3=C(CC(C)(C)CC3=O)N(C3CCCCC3)C3=C2C(=O)CC(C)(C)C3)cc(I)c1OCc1cc(C)cc(C)c1. The lowest BCUT2D eigenvalue weighted by Crippen LogP contribution is -2.48. The molecule has 1 heterocycles. The molecule has 5 nitrogen and oxygen atoms in total. The Bertz CT molecular complexity index is 1550. The molecular formula is C40H50INO4. The molecule has 6 rings (SSSR count). The van der Waals surface area contributed by atoms with Crippen LogP contribution in [-0.4, -0.2) is 29.1 Å². The number of carbonyl (C=O) groups excluding carboxylic acids is 2. The van der Waals surface area contributed by atoms with Gasteiger partial charge in [-0.15, -0.1) is 0 Å². The van der Waals surface area contributed by atoms with Gasteiger partial charge < -0.3 is 14.4 Å². The van der Waals surface area contributed by atoms with Gasteiger partial charge in [-0.05, 0) is 103 Å². The molecule has 246 valence electrons. The van der Waals surface area contributed by atoms with Crippen LogP contribution in [-0.2, 0) is 16.2 Å². The smallest absolute Gasteiger partial charge is 0.174 e. The maximum absolute atomic E-state index is 14.4. The van der Waals surface area contributed by atoms with Crippen molar-refractivity contribution in [3.63, 3.8) is 0 Å². The van der Waals surface area contributed by atoms with Gasteiger partial charge in [-0.2, -0.15) is 0 Å². The predicted octanol–water partition coefficient (Wildman–Crippen LogP) is 9.90. The summed E-state index contributed by atoms with van der Waals surface area (Å²) in [6.45, 7) is 16.0. The lowest BCUT2D eigenvalue weighted by atomic mass is 9.63. The molecule has 2 aromatic rings. The maximum atomic E-state index is 14.4. The molecule has 1 fully saturated rings. The number of Topliss-reactive ketones (excluding diaryl/α,β-unsaturated/α-hetero) is 2. The molecule has 2 aromatic carbocycles. The molecule has 46 heavy (non-hydrogen) atoms. The van der Waals surface area contributed by atoms with Gasteiger partial charge in [-0.1, -0.05) is 76.3 Å². The topological polar surface area (TPSA) is 55.8 Å². The third-order valence-corrected chi connectivity index (χ3v) is 11.0. The first kappa shape index (κ1) is 33.3. The van der Waals surface area contributed by atoms with Gasteiger partial charge in [-0.25, -0.2) is 0 Å². The molecule has 0 amide bonds. The number of ether oxygens (including phenoxy) is 2. The number of nitrogens with zero attached hydrogens (tertiary/aromatic N) is 1. The number of rotatable bonds is 7. The van der Waals surface area contributed by atoms with Crippen molar-refractivity contribution in [2.45, 2.75) is 125 Å². The number of hydrogen-bond acceptors (Lipinski definition) is 5. The molecular weight excluding hydrogens is 685 g/mol. The number of aryl methyl sites for hydroxylation is 2. The summed E-state index contributed by atoms with van der Waals surface area (Å²) in [7, 11) is 0. The lowest BCUT2D eigenvalue weighted by molar-refractivity contribution is -0.119. The van der Waals surface area contributed by atoms with Crippen LogP contribution in [0.1, 0.15) is 121 Å². The van der Waals surface area contributed by atoms with E-state index in [1.54, 1.807) is 0 Å². The molecule has 0 spiro atoms. The molecule has 1 saturated carbocycles. The number of allylic oxidation sites excluding steroid dienone is 4. The Kier molecular flexibility index (Phi) is 9.25. The van der Waals surface area contributed by atoms with E-state index in [1.165, 1.54) is 41.8 Å². The van der Waals surface area contributed by atoms with Crippen LogP contribution < -0.4 is 9.47 Å². The van der Waals surface area contributed by atoms with Crippen LogP contribution in [0.15, 0.2) is 52.9 Å². The molecule has 6 heteroatoms. The Morgan fingerprint density at radius 1 is 0.783 bits per heavy atom. The summed E-state index contributed by atoms with van der Waals surface area (Å²) >= 11 is 2.34. The highest BCUT2D eigenvalue weighted by Gasteiger charge is 2.50. The zero-order valence-corrected chi connectivity index (χ0v) is 30.9. The fourth-order valence-electron chi connectivity index (χ4n) is 8.57. The fraction of sp³-hybridized carbons (Fsp3) is 0.550. The van der Waals surface area contributed by atoms with E-state index >= 15 is 0 Å². The highest BCUT2D eigenvalue weighted by atomic mass is 127. The molecule has 0 radical (unpaired) electrons. The molecule has 0 bridgehead atoms. The number of halogens is 1. The van der Waals surface area contributed by atoms with Crippen molar-refractivity contribution in [3.05, 3.63) is 78.7 Å². The van der Waals surface area contributed by atoms with Crippen molar-refractivity contribution >= 4 is 34.2 Å². The highest BCUT2D eigenvalue weighted by molar-refractivity contribution is 14.1. The van der Waals surface area contributed by atoms with Gasteiger partial charge in [0.1, 0.15) is 6.61 Å². The number of hydrogen-bond donors (Lipinski definition) is 0. The molecule has 1 aliphatic heterocycles. The van der Waals surface area contributed by atoms with E-state index < -0.39 is 5.92 Å². The lowest BCUT2D eigenvalue weighted by Gasteiger charge is -2.52. The van der Waals surface area contributed by atoms with E-state index in [1.807, 2.05) is 6.92 Å². The van der Waals surface area contributed by atoms with Crippen molar-refractivity contribution in [1.82, 2.24) is 4.90 Å². The van der Waals surface area contributed by atoms with E-state index in [9.17, 15) is 9.59 Å². The van der Waals surface area contributed by atoms with Crippen molar-refractivity contribution < 1.29 is 19.1 Å². The Labute approximate surface area is 289 Å². The number of carbonyl (C=O) groups is 2. The first-order valence-corrected chi connectivity index (χ1v) is 18.3. The molecule has 0 unspecified atom stereocenters. The third kappa shape index (κ3) is 6.57. The van der Waals surface area contributed by atoms with E-state index in [-0.39, 0.29) is 22.4 Å². The molecule has 0 aromatic heterocycles. The normalized spacial score (nSPS) is 21.8. The van der Waals surface area contributed by atoms with E-state index in [4.69, 9.17) is 9.47 Å². The van der Waals surface area contributed by atoms with Crippen molar-refractivity contribution in [1.29, 1.82) is 0 Å². The Hall–Kier alpha value is -2.61. The Balaban J connectivity index is 1.50. The zero-order chi connectivity index (χ0) is 33.0. The van der Waals surface area contributed by atoms with Gasteiger partial charge in [0.05, 0.1) is 10.2 Å².